The molecule has 0 bridgehead atoms. The van der Waals surface area contributed by atoms with Crippen LogP contribution in [0.1, 0.15) is 33.0 Å². The van der Waals surface area contributed by atoms with Crippen LogP contribution < -0.4 is 23.7 Å². The van der Waals surface area contributed by atoms with Crippen molar-refractivity contribution in [1.29, 1.82) is 0 Å². The van der Waals surface area contributed by atoms with Crippen LogP contribution in [-0.2, 0) is 20.6 Å². The SMILES string of the molecule is COc1ccc(O)c(C(=O)OCC2OC(OCC3C(CO)Cc4cc(OC)c(O)c(OC)c4C3c3cc(OC)c(O)c(OC)c3)C(O)C(O)C2O)c1. The quantitative estimate of drug-likeness (QED) is 0.123. The smallest absolute Gasteiger partial charge is 0.342 e. The number of aliphatic hydroxyl groups is 4. The Hall–Kier alpha value is -4.71. The molecule has 0 saturated carbocycles. The van der Waals surface area contributed by atoms with Gasteiger partial charge in [0, 0.05) is 18.1 Å². The summed E-state index contributed by atoms with van der Waals surface area (Å²) in [7, 11) is 6.91. The van der Waals surface area contributed by atoms with Crippen LogP contribution in [0.5, 0.6) is 46.0 Å². The van der Waals surface area contributed by atoms with Gasteiger partial charge in [-0.2, -0.15) is 0 Å². The molecule has 1 aliphatic heterocycles. The van der Waals surface area contributed by atoms with Crippen molar-refractivity contribution in [2.75, 3.05) is 55.4 Å². The van der Waals surface area contributed by atoms with Crippen LogP contribution in [0.15, 0.2) is 36.4 Å². The van der Waals surface area contributed by atoms with Crippen molar-refractivity contribution in [3.05, 3.63) is 58.7 Å². The van der Waals surface area contributed by atoms with Gasteiger partial charge in [-0.05, 0) is 65.8 Å². The molecule has 284 valence electrons. The van der Waals surface area contributed by atoms with Gasteiger partial charge in [0.15, 0.2) is 29.3 Å². The van der Waals surface area contributed by atoms with E-state index in [9.17, 15) is 40.5 Å². The first-order valence-corrected chi connectivity index (χ1v) is 16.3. The lowest BCUT2D eigenvalue weighted by Crippen LogP contribution is -2.59. The van der Waals surface area contributed by atoms with E-state index in [0.717, 1.165) is 0 Å². The van der Waals surface area contributed by atoms with Crippen LogP contribution in [0.2, 0.25) is 0 Å². The summed E-state index contributed by atoms with van der Waals surface area (Å²) in [5.41, 5.74) is 1.53. The van der Waals surface area contributed by atoms with Gasteiger partial charge in [0.05, 0.1) is 42.2 Å². The summed E-state index contributed by atoms with van der Waals surface area (Å²) in [6, 6.07) is 8.77. The molecule has 0 spiro atoms. The molecular weight excluding hydrogens is 688 g/mol. The third kappa shape index (κ3) is 7.30. The Bertz CT molecular complexity index is 1700. The van der Waals surface area contributed by atoms with Gasteiger partial charge in [0.1, 0.15) is 48.1 Å². The van der Waals surface area contributed by atoms with E-state index >= 15 is 0 Å². The van der Waals surface area contributed by atoms with Crippen molar-refractivity contribution in [1.82, 2.24) is 0 Å². The molecule has 0 aromatic heterocycles. The summed E-state index contributed by atoms with van der Waals surface area (Å²) in [5, 5.41) is 75.1. The normalized spacial score (nSPS) is 25.5. The summed E-state index contributed by atoms with van der Waals surface area (Å²) < 4.78 is 44.3. The molecule has 16 nitrogen and oxygen atoms in total. The molecule has 3 aromatic rings. The number of carbonyl (C=O) groups excluding carboxylic acids is 1. The summed E-state index contributed by atoms with van der Waals surface area (Å²) in [6.45, 7) is -1.15. The number of fused-ring (bicyclic) bond motifs is 1. The second kappa shape index (κ2) is 16.3. The maximum Gasteiger partial charge on any atom is 0.342 e. The van der Waals surface area contributed by atoms with Gasteiger partial charge in [-0.3, -0.25) is 0 Å². The zero-order valence-electron chi connectivity index (χ0n) is 29.2. The largest absolute Gasteiger partial charge is 0.507 e. The number of phenols is 3. The first kappa shape index (κ1) is 38.5. The zero-order valence-corrected chi connectivity index (χ0v) is 29.2. The fraction of sp³-hybridized carbons (Fsp3) is 0.472. The summed E-state index contributed by atoms with van der Waals surface area (Å²) in [6.07, 6.45) is -7.86. The van der Waals surface area contributed by atoms with E-state index in [-0.39, 0.29) is 71.2 Å². The Labute approximate surface area is 299 Å². The van der Waals surface area contributed by atoms with E-state index in [4.69, 9.17) is 37.9 Å². The second-order valence-electron chi connectivity index (χ2n) is 12.4. The minimum atomic E-state index is -1.78. The van der Waals surface area contributed by atoms with E-state index in [2.05, 4.69) is 0 Å². The van der Waals surface area contributed by atoms with Crippen LogP contribution in [-0.4, -0.2) is 128 Å². The van der Waals surface area contributed by atoms with Crippen LogP contribution in [0.4, 0.5) is 0 Å². The van der Waals surface area contributed by atoms with E-state index in [1.165, 1.54) is 53.7 Å². The monoisotopic (exact) mass is 732 g/mol. The molecule has 0 amide bonds. The van der Waals surface area contributed by atoms with Crippen molar-refractivity contribution < 1.29 is 78.4 Å². The summed E-state index contributed by atoms with van der Waals surface area (Å²) >= 11 is 0. The minimum absolute atomic E-state index is 0.0844. The second-order valence-corrected chi connectivity index (χ2v) is 12.4. The highest BCUT2D eigenvalue weighted by atomic mass is 16.7. The molecule has 8 atom stereocenters. The number of methoxy groups -OCH3 is 5. The highest BCUT2D eigenvalue weighted by Gasteiger charge is 2.47. The van der Waals surface area contributed by atoms with Crippen LogP contribution >= 0.6 is 0 Å². The van der Waals surface area contributed by atoms with E-state index in [1.807, 2.05) is 0 Å². The van der Waals surface area contributed by atoms with Crippen molar-refractivity contribution in [3.63, 3.8) is 0 Å². The lowest BCUT2D eigenvalue weighted by atomic mass is 9.66. The molecule has 1 fully saturated rings. The van der Waals surface area contributed by atoms with Gasteiger partial charge in [-0.15, -0.1) is 0 Å². The number of rotatable bonds is 13. The lowest BCUT2D eigenvalue weighted by molar-refractivity contribution is -0.304. The molecule has 1 aliphatic carbocycles. The molecule has 1 heterocycles. The number of ether oxygens (including phenoxy) is 8. The number of hydrogen-bond donors (Lipinski definition) is 7. The third-order valence-electron chi connectivity index (χ3n) is 9.61. The molecular formula is C36H44O16. The molecule has 7 N–H and O–H groups in total. The Balaban J connectivity index is 1.47. The van der Waals surface area contributed by atoms with Crippen molar-refractivity contribution in [2.24, 2.45) is 11.8 Å². The zero-order chi connectivity index (χ0) is 37.9. The Morgan fingerprint density at radius 2 is 1.44 bits per heavy atom. The van der Waals surface area contributed by atoms with Gasteiger partial charge < -0.3 is 73.6 Å². The highest BCUT2D eigenvalue weighted by molar-refractivity contribution is 5.92. The molecule has 52 heavy (non-hydrogen) atoms. The molecule has 0 radical (unpaired) electrons. The predicted molar refractivity (Wildman–Crippen MR) is 180 cm³/mol. The van der Waals surface area contributed by atoms with Crippen molar-refractivity contribution in [3.8, 4) is 46.0 Å². The topological polar surface area (TPSA) is 233 Å². The predicted octanol–water partition coefficient (Wildman–Crippen LogP) is 1.44. The molecule has 3 aromatic carbocycles. The Morgan fingerprint density at radius 1 is 0.788 bits per heavy atom. The number of phenolic OH excluding ortho intramolecular Hbond substituents is 3. The number of carbonyl (C=O) groups is 1. The maximum atomic E-state index is 12.8. The number of esters is 1. The molecule has 16 heteroatoms. The molecule has 5 rings (SSSR count). The van der Waals surface area contributed by atoms with Crippen LogP contribution in [0, 0.1) is 11.8 Å². The Kier molecular flexibility index (Phi) is 12.1. The van der Waals surface area contributed by atoms with Crippen LogP contribution in [0.25, 0.3) is 0 Å². The first-order chi connectivity index (χ1) is 24.9. The lowest BCUT2D eigenvalue weighted by Gasteiger charge is -2.43. The van der Waals surface area contributed by atoms with Gasteiger partial charge in [0.25, 0.3) is 0 Å². The highest BCUT2D eigenvalue weighted by Crippen LogP contribution is 2.54. The average Bonchev–Trinajstić information content (AvgIpc) is 3.15. The maximum absolute atomic E-state index is 12.8. The number of aromatic hydroxyl groups is 3. The fourth-order valence-electron chi connectivity index (χ4n) is 6.86. The van der Waals surface area contributed by atoms with Crippen LogP contribution in [0.3, 0.4) is 0 Å². The van der Waals surface area contributed by atoms with Crippen molar-refractivity contribution >= 4 is 5.97 Å². The van der Waals surface area contributed by atoms with E-state index in [1.54, 1.807) is 18.2 Å². The number of benzene rings is 3. The third-order valence-corrected chi connectivity index (χ3v) is 9.61. The first-order valence-electron chi connectivity index (χ1n) is 16.3. The Morgan fingerprint density at radius 3 is 2.04 bits per heavy atom. The van der Waals surface area contributed by atoms with Gasteiger partial charge in [0.2, 0.25) is 11.5 Å². The molecule has 1 saturated heterocycles. The molecule has 8 unspecified atom stereocenters. The molecule has 2 aliphatic rings. The average molecular weight is 733 g/mol. The summed E-state index contributed by atoms with van der Waals surface area (Å²) in [5.74, 6) is -3.04. The minimum Gasteiger partial charge on any atom is -0.507 e. The van der Waals surface area contributed by atoms with E-state index < -0.39 is 61.0 Å². The summed E-state index contributed by atoms with van der Waals surface area (Å²) in [4.78, 5) is 12.8. The van der Waals surface area contributed by atoms with Gasteiger partial charge in [-0.25, -0.2) is 4.79 Å². The fourth-order valence-corrected chi connectivity index (χ4v) is 6.86. The van der Waals surface area contributed by atoms with Gasteiger partial charge >= 0.3 is 5.97 Å². The van der Waals surface area contributed by atoms with Crippen molar-refractivity contribution in [2.45, 2.75) is 43.0 Å². The van der Waals surface area contributed by atoms with E-state index in [0.29, 0.717) is 16.7 Å². The number of aliphatic hydroxyl groups excluding tert-OH is 4. The number of hydrogen-bond acceptors (Lipinski definition) is 16. The van der Waals surface area contributed by atoms with Gasteiger partial charge in [-0.1, -0.05) is 0 Å². The standard InChI is InChI=1S/C36H44O16/c1-45-19-6-7-22(38)20(12-19)35(44)50-15-26-30(40)32(42)33(43)36(52-26)51-14-21-18(13-37)8-16-9-25(48-4)31(41)34(49-5)28(16)27(21)17-10-23(46-2)29(39)24(11-17)47-3/h6-7,9-12,18,21,26-27,30,32-33,36-43H,8,13-15H2,1-5H3.